The Kier molecular flexibility index (Phi) is 7.23. The van der Waals surface area contributed by atoms with Crippen LogP contribution in [-0.2, 0) is 22.4 Å². The van der Waals surface area contributed by atoms with E-state index in [9.17, 15) is 27.9 Å². The number of carboxylic acid groups (broad SMARTS) is 1. The maximum atomic E-state index is 13.1. The van der Waals surface area contributed by atoms with E-state index in [0.29, 0.717) is 49.8 Å². The minimum Gasteiger partial charge on any atom is -0.476 e. The van der Waals surface area contributed by atoms with E-state index in [0.717, 1.165) is 27.3 Å². The summed E-state index contributed by atoms with van der Waals surface area (Å²) >= 11 is 0. The highest BCUT2D eigenvalue weighted by Gasteiger charge is 2.38. The minimum absolute atomic E-state index is 0.0232. The Morgan fingerprint density at radius 1 is 1.24 bits per heavy atom. The van der Waals surface area contributed by atoms with Crippen LogP contribution in [0.4, 0.5) is 18.0 Å². The van der Waals surface area contributed by atoms with Crippen molar-refractivity contribution < 1.29 is 37.3 Å². The molecule has 3 aliphatic heterocycles. The summed E-state index contributed by atoms with van der Waals surface area (Å²) < 4.78 is 58.5. The molecule has 1 aromatic heterocycles. The Hall–Kier alpha value is -3.31. The molecule has 1 amide bonds. The molecular formula is C27H29F3N2O6. The number of aryl methyl sites for hydroxylation is 1. The summed E-state index contributed by atoms with van der Waals surface area (Å²) in [6.45, 7) is 3.96. The van der Waals surface area contributed by atoms with Gasteiger partial charge in [0.25, 0.3) is 0 Å². The van der Waals surface area contributed by atoms with E-state index in [1.807, 2.05) is 22.8 Å². The molecule has 1 aromatic carbocycles. The number of alkyl halides is 3. The molecule has 0 radical (unpaired) electrons. The second-order valence-electron chi connectivity index (χ2n) is 9.81. The number of nitrogens with zero attached hydrogens (tertiary/aromatic N) is 2. The van der Waals surface area contributed by atoms with E-state index in [2.05, 4.69) is 0 Å². The molecule has 0 aliphatic carbocycles. The molecule has 38 heavy (non-hydrogen) atoms. The van der Waals surface area contributed by atoms with Crippen LogP contribution in [0.1, 0.15) is 29.5 Å². The number of hydrogen-bond donors (Lipinski definition) is 1. The molecule has 1 N–H and O–H groups in total. The first-order valence-electron chi connectivity index (χ1n) is 12.6. The molecule has 0 spiro atoms. The number of amides is 1. The van der Waals surface area contributed by atoms with Crippen LogP contribution >= 0.6 is 0 Å². The molecule has 1 saturated heterocycles. The number of benzene rings is 1. The molecule has 8 nitrogen and oxygen atoms in total. The molecule has 0 saturated carbocycles. The lowest BCUT2D eigenvalue weighted by Gasteiger charge is -2.34. The second-order valence-corrected chi connectivity index (χ2v) is 9.81. The molecule has 5 rings (SSSR count). The van der Waals surface area contributed by atoms with Gasteiger partial charge in [0.2, 0.25) is 0 Å². The van der Waals surface area contributed by atoms with Gasteiger partial charge in [-0.2, -0.15) is 13.2 Å². The SMILES string of the molecule is Cc1c2n(c(OC[C@@H]3COCCO3)cc1=O)CCc1cc(C3=CCN(C(=O)O)C(CC(F)(F)F)C3)ccc1-2. The van der Waals surface area contributed by atoms with Gasteiger partial charge >= 0.3 is 12.3 Å². The largest absolute Gasteiger partial charge is 0.476 e. The highest BCUT2D eigenvalue weighted by atomic mass is 19.4. The standard InChI is InChI=1S/C27H29F3N2O6/c1-16-23(33)12-24(38-15-21-14-36-8-9-37-21)32-7-5-19-10-17(2-3-22(19)25(16)32)18-4-6-31(26(34)35)20(11-18)13-27(28,29)30/h2-4,10,12,20-21H,5-9,11,13-15H2,1H3,(H,34,35)/t20?,21-/m0/s1. The zero-order chi connectivity index (χ0) is 27.0. The average Bonchev–Trinajstić information content (AvgIpc) is 2.88. The van der Waals surface area contributed by atoms with E-state index >= 15 is 0 Å². The third kappa shape index (κ3) is 5.44. The van der Waals surface area contributed by atoms with Crippen molar-refractivity contribution in [2.75, 3.05) is 33.0 Å². The van der Waals surface area contributed by atoms with Gasteiger partial charge in [0.1, 0.15) is 12.7 Å². The summed E-state index contributed by atoms with van der Waals surface area (Å²) in [7, 11) is 0. The average molecular weight is 535 g/mol. The lowest BCUT2D eigenvalue weighted by atomic mass is 9.87. The first-order valence-corrected chi connectivity index (χ1v) is 12.6. The van der Waals surface area contributed by atoms with E-state index in [-0.39, 0.29) is 31.1 Å². The van der Waals surface area contributed by atoms with E-state index < -0.39 is 24.7 Å². The van der Waals surface area contributed by atoms with Crippen molar-refractivity contribution >= 4 is 11.7 Å². The van der Waals surface area contributed by atoms with Crippen LogP contribution in [0.3, 0.4) is 0 Å². The normalized spacial score (nSPS) is 21.4. The fourth-order valence-corrected chi connectivity index (χ4v) is 5.42. The molecule has 0 bridgehead atoms. The van der Waals surface area contributed by atoms with Gasteiger partial charge in [-0.15, -0.1) is 0 Å². The number of fused-ring (bicyclic) bond motifs is 3. The van der Waals surface area contributed by atoms with Crippen molar-refractivity contribution in [2.24, 2.45) is 0 Å². The molecule has 2 atom stereocenters. The van der Waals surface area contributed by atoms with Crippen LogP contribution in [0.2, 0.25) is 0 Å². The number of carbonyl (C=O) groups is 1. The number of halogens is 3. The minimum atomic E-state index is -4.47. The number of aromatic nitrogens is 1. The predicted molar refractivity (Wildman–Crippen MR) is 132 cm³/mol. The summed E-state index contributed by atoms with van der Waals surface area (Å²) in [5.74, 6) is 0.457. The first kappa shape index (κ1) is 26.3. The lowest BCUT2D eigenvalue weighted by molar-refractivity contribution is -0.145. The topological polar surface area (TPSA) is 90.2 Å². The van der Waals surface area contributed by atoms with Crippen LogP contribution < -0.4 is 10.2 Å². The zero-order valence-electron chi connectivity index (χ0n) is 20.9. The van der Waals surface area contributed by atoms with Gasteiger partial charge in [-0.25, -0.2) is 4.79 Å². The fourth-order valence-electron chi connectivity index (χ4n) is 5.42. The summed E-state index contributed by atoms with van der Waals surface area (Å²) in [6.07, 6.45) is -4.95. The number of pyridine rings is 1. The van der Waals surface area contributed by atoms with Crippen LogP contribution in [0, 0.1) is 6.92 Å². The summed E-state index contributed by atoms with van der Waals surface area (Å²) in [4.78, 5) is 25.2. The zero-order valence-corrected chi connectivity index (χ0v) is 20.9. The van der Waals surface area contributed by atoms with Gasteiger partial charge in [0.15, 0.2) is 11.3 Å². The van der Waals surface area contributed by atoms with Gasteiger partial charge in [-0.1, -0.05) is 24.3 Å². The van der Waals surface area contributed by atoms with E-state index in [1.165, 1.54) is 6.07 Å². The quantitative estimate of drug-likeness (QED) is 0.617. The molecule has 1 fully saturated rings. The summed E-state index contributed by atoms with van der Waals surface area (Å²) in [5.41, 5.74) is 4.48. The third-order valence-corrected chi connectivity index (χ3v) is 7.30. The van der Waals surface area contributed by atoms with Gasteiger partial charge in [-0.05, 0) is 36.5 Å². The molecule has 11 heteroatoms. The van der Waals surface area contributed by atoms with Crippen LogP contribution in [0.15, 0.2) is 35.1 Å². The van der Waals surface area contributed by atoms with Crippen LogP contribution in [0.25, 0.3) is 16.8 Å². The maximum Gasteiger partial charge on any atom is 0.407 e. The van der Waals surface area contributed by atoms with Gasteiger partial charge in [0.05, 0.1) is 31.9 Å². The van der Waals surface area contributed by atoms with Crippen molar-refractivity contribution in [3.63, 3.8) is 0 Å². The number of ether oxygens (including phenoxy) is 3. The van der Waals surface area contributed by atoms with Gasteiger partial charge in [-0.3, -0.25) is 4.79 Å². The fraction of sp³-hybridized carbons (Fsp3) is 0.481. The van der Waals surface area contributed by atoms with Crippen molar-refractivity contribution in [1.82, 2.24) is 9.47 Å². The summed E-state index contributed by atoms with van der Waals surface area (Å²) in [6, 6.07) is 5.96. The van der Waals surface area contributed by atoms with Gasteiger partial charge < -0.3 is 28.8 Å². The smallest absolute Gasteiger partial charge is 0.407 e. The second kappa shape index (κ2) is 10.5. The van der Waals surface area contributed by atoms with Crippen molar-refractivity contribution in [1.29, 1.82) is 0 Å². The van der Waals surface area contributed by atoms with Crippen LogP contribution in [-0.4, -0.2) is 72.0 Å². The Balaban J connectivity index is 1.43. The lowest BCUT2D eigenvalue weighted by Crippen LogP contribution is -2.44. The van der Waals surface area contributed by atoms with Crippen molar-refractivity contribution in [3.8, 4) is 17.1 Å². The van der Waals surface area contributed by atoms with Crippen LogP contribution in [0.5, 0.6) is 5.88 Å². The Bertz CT molecular complexity index is 1310. The third-order valence-electron chi connectivity index (χ3n) is 7.30. The van der Waals surface area contributed by atoms with Crippen molar-refractivity contribution in [2.45, 2.75) is 51.1 Å². The highest BCUT2D eigenvalue weighted by molar-refractivity contribution is 5.76. The Morgan fingerprint density at radius 2 is 2.05 bits per heavy atom. The number of rotatable bonds is 5. The molecular weight excluding hydrogens is 505 g/mol. The molecule has 4 heterocycles. The Morgan fingerprint density at radius 3 is 2.76 bits per heavy atom. The van der Waals surface area contributed by atoms with E-state index in [1.54, 1.807) is 13.0 Å². The predicted octanol–water partition coefficient (Wildman–Crippen LogP) is 4.26. The molecule has 1 unspecified atom stereocenters. The monoisotopic (exact) mass is 534 g/mol. The van der Waals surface area contributed by atoms with Crippen molar-refractivity contribution in [3.05, 3.63) is 57.3 Å². The maximum absolute atomic E-state index is 13.1. The first-order chi connectivity index (χ1) is 18.1. The van der Waals surface area contributed by atoms with Gasteiger partial charge in [0, 0.05) is 36.3 Å². The molecule has 3 aliphatic rings. The number of hydrogen-bond acceptors (Lipinski definition) is 5. The van der Waals surface area contributed by atoms with E-state index in [4.69, 9.17) is 14.2 Å². The Labute approximate surface area is 217 Å². The molecule has 204 valence electrons. The summed E-state index contributed by atoms with van der Waals surface area (Å²) in [5, 5.41) is 9.37. The molecule has 2 aromatic rings. The highest BCUT2D eigenvalue weighted by Crippen LogP contribution is 2.38.